The quantitative estimate of drug-likeness (QED) is 0.569. The highest BCUT2D eigenvalue weighted by Crippen LogP contribution is 2.19. The van der Waals surface area contributed by atoms with Crippen molar-refractivity contribution in [1.82, 2.24) is 5.32 Å². The van der Waals surface area contributed by atoms with Gasteiger partial charge in [0, 0.05) is 17.7 Å². The van der Waals surface area contributed by atoms with Crippen LogP contribution in [0, 0.1) is 10.1 Å². The summed E-state index contributed by atoms with van der Waals surface area (Å²) in [5.74, 6) is 0. The summed E-state index contributed by atoms with van der Waals surface area (Å²) < 4.78 is 0. The zero-order valence-electron chi connectivity index (χ0n) is 11.2. The van der Waals surface area contributed by atoms with Crippen LogP contribution in [0.5, 0.6) is 0 Å². The van der Waals surface area contributed by atoms with Gasteiger partial charge in [0.25, 0.3) is 5.69 Å². The van der Waals surface area contributed by atoms with Crippen molar-refractivity contribution in [3.63, 3.8) is 0 Å². The van der Waals surface area contributed by atoms with Gasteiger partial charge in [-0.3, -0.25) is 10.1 Å². The number of rotatable bonds is 8. The second kappa shape index (κ2) is 7.82. The molecule has 0 aromatic heterocycles. The first-order valence-corrected chi connectivity index (χ1v) is 6.60. The standard InChI is InChI=1S/C14H22N2O2/c1-3-11-15-12(2)7-6-9-13-8-4-5-10-14(13)16(17)18/h4-5,8,10,12,15H,3,6-7,9,11H2,1-2H3. The Balaban J connectivity index is 2.41. The van der Waals surface area contributed by atoms with Gasteiger partial charge in [0.05, 0.1) is 4.92 Å². The van der Waals surface area contributed by atoms with Crippen LogP contribution in [0.15, 0.2) is 24.3 Å². The van der Waals surface area contributed by atoms with E-state index in [0.717, 1.165) is 37.8 Å². The molecule has 0 aliphatic carbocycles. The molecule has 100 valence electrons. The summed E-state index contributed by atoms with van der Waals surface area (Å²) in [5.41, 5.74) is 1.08. The van der Waals surface area contributed by atoms with Crippen LogP contribution in [0.1, 0.15) is 38.7 Å². The molecule has 1 aromatic carbocycles. The summed E-state index contributed by atoms with van der Waals surface area (Å²) in [6.07, 6.45) is 3.93. The molecule has 0 bridgehead atoms. The fourth-order valence-corrected chi connectivity index (χ4v) is 1.99. The Morgan fingerprint density at radius 2 is 2.11 bits per heavy atom. The van der Waals surface area contributed by atoms with Crippen molar-refractivity contribution in [2.75, 3.05) is 6.54 Å². The monoisotopic (exact) mass is 250 g/mol. The van der Waals surface area contributed by atoms with Gasteiger partial charge in [-0.05, 0) is 39.2 Å². The number of hydrogen-bond donors (Lipinski definition) is 1. The van der Waals surface area contributed by atoms with Crippen molar-refractivity contribution in [2.24, 2.45) is 0 Å². The summed E-state index contributed by atoms with van der Waals surface area (Å²) in [6, 6.07) is 7.48. The van der Waals surface area contributed by atoms with Crippen molar-refractivity contribution in [1.29, 1.82) is 0 Å². The molecule has 1 N–H and O–H groups in total. The minimum absolute atomic E-state index is 0.242. The molecule has 0 spiro atoms. The van der Waals surface area contributed by atoms with E-state index in [1.165, 1.54) is 0 Å². The zero-order chi connectivity index (χ0) is 13.4. The van der Waals surface area contributed by atoms with Gasteiger partial charge in [0.15, 0.2) is 0 Å². The number of aryl methyl sites for hydroxylation is 1. The maximum Gasteiger partial charge on any atom is 0.272 e. The highest BCUT2D eigenvalue weighted by Gasteiger charge is 2.11. The fourth-order valence-electron chi connectivity index (χ4n) is 1.99. The Morgan fingerprint density at radius 1 is 1.39 bits per heavy atom. The lowest BCUT2D eigenvalue weighted by atomic mass is 10.0. The van der Waals surface area contributed by atoms with Crippen LogP contribution in [0.4, 0.5) is 5.69 Å². The summed E-state index contributed by atoms with van der Waals surface area (Å²) in [5, 5.41) is 14.3. The van der Waals surface area contributed by atoms with Crippen LogP contribution in [-0.4, -0.2) is 17.5 Å². The van der Waals surface area contributed by atoms with Crippen molar-refractivity contribution in [3.05, 3.63) is 39.9 Å². The van der Waals surface area contributed by atoms with Crippen LogP contribution < -0.4 is 5.32 Å². The first-order chi connectivity index (χ1) is 8.65. The largest absolute Gasteiger partial charge is 0.314 e. The van der Waals surface area contributed by atoms with Crippen molar-refractivity contribution < 1.29 is 4.92 Å². The lowest BCUT2D eigenvalue weighted by molar-refractivity contribution is -0.385. The van der Waals surface area contributed by atoms with Crippen LogP contribution in [0.25, 0.3) is 0 Å². The molecule has 0 amide bonds. The van der Waals surface area contributed by atoms with E-state index in [1.807, 2.05) is 12.1 Å². The summed E-state index contributed by atoms with van der Waals surface area (Å²) in [7, 11) is 0. The van der Waals surface area contributed by atoms with E-state index in [0.29, 0.717) is 6.04 Å². The predicted molar refractivity (Wildman–Crippen MR) is 73.8 cm³/mol. The molecule has 1 unspecified atom stereocenters. The van der Waals surface area contributed by atoms with Crippen molar-refractivity contribution in [3.8, 4) is 0 Å². The average Bonchev–Trinajstić information content (AvgIpc) is 2.36. The molecule has 1 aromatic rings. The molecule has 18 heavy (non-hydrogen) atoms. The van der Waals surface area contributed by atoms with E-state index >= 15 is 0 Å². The molecule has 0 aliphatic rings. The number of benzene rings is 1. The first-order valence-electron chi connectivity index (χ1n) is 6.60. The second-order valence-corrected chi connectivity index (χ2v) is 4.63. The Hall–Kier alpha value is -1.42. The van der Waals surface area contributed by atoms with Crippen molar-refractivity contribution in [2.45, 2.75) is 45.6 Å². The SMILES string of the molecule is CCCNC(C)CCCc1ccccc1[N+](=O)[O-]. The van der Waals surface area contributed by atoms with Gasteiger partial charge >= 0.3 is 0 Å². The smallest absolute Gasteiger partial charge is 0.272 e. The third-order valence-corrected chi connectivity index (χ3v) is 3.01. The Labute approximate surface area is 109 Å². The number of nitro groups is 1. The van der Waals surface area contributed by atoms with Crippen LogP contribution >= 0.6 is 0 Å². The highest BCUT2D eigenvalue weighted by atomic mass is 16.6. The summed E-state index contributed by atoms with van der Waals surface area (Å²) in [4.78, 5) is 10.6. The molecule has 4 heteroatoms. The third kappa shape index (κ3) is 4.84. The topological polar surface area (TPSA) is 55.2 Å². The average molecular weight is 250 g/mol. The molecule has 4 nitrogen and oxygen atoms in total. The number of hydrogen-bond acceptors (Lipinski definition) is 3. The summed E-state index contributed by atoms with van der Waals surface area (Å²) >= 11 is 0. The van der Waals surface area contributed by atoms with Gasteiger partial charge in [-0.25, -0.2) is 0 Å². The summed E-state index contributed by atoms with van der Waals surface area (Å²) in [6.45, 7) is 5.34. The van der Waals surface area contributed by atoms with Gasteiger partial charge in [-0.2, -0.15) is 0 Å². The van der Waals surface area contributed by atoms with E-state index in [-0.39, 0.29) is 10.6 Å². The maximum absolute atomic E-state index is 10.9. The van der Waals surface area contributed by atoms with E-state index in [1.54, 1.807) is 12.1 Å². The van der Waals surface area contributed by atoms with Gasteiger partial charge in [-0.15, -0.1) is 0 Å². The molecule has 1 atom stereocenters. The van der Waals surface area contributed by atoms with Gasteiger partial charge in [0.2, 0.25) is 0 Å². The number of nitrogens with zero attached hydrogens (tertiary/aromatic N) is 1. The molecular formula is C14H22N2O2. The Kier molecular flexibility index (Phi) is 6.36. The number of nitrogens with one attached hydrogen (secondary N) is 1. The number of para-hydroxylation sites is 1. The van der Waals surface area contributed by atoms with E-state index < -0.39 is 0 Å². The minimum Gasteiger partial charge on any atom is -0.314 e. The normalized spacial score (nSPS) is 12.3. The van der Waals surface area contributed by atoms with Gasteiger partial charge < -0.3 is 5.32 Å². The molecular weight excluding hydrogens is 228 g/mol. The molecule has 0 saturated heterocycles. The second-order valence-electron chi connectivity index (χ2n) is 4.63. The maximum atomic E-state index is 10.9. The molecule has 1 rings (SSSR count). The minimum atomic E-state index is -0.298. The Morgan fingerprint density at radius 3 is 2.78 bits per heavy atom. The molecule has 0 fully saturated rings. The van der Waals surface area contributed by atoms with Crippen LogP contribution in [0.3, 0.4) is 0 Å². The van der Waals surface area contributed by atoms with E-state index in [2.05, 4.69) is 19.2 Å². The van der Waals surface area contributed by atoms with E-state index in [9.17, 15) is 10.1 Å². The lowest BCUT2D eigenvalue weighted by Crippen LogP contribution is -2.26. The van der Waals surface area contributed by atoms with E-state index in [4.69, 9.17) is 0 Å². The van der Waals surface area contributed by atoms with Gasteiger partial charge in [-0.1, -0.05) is 25.1 Å². The van der Waals surface area contributed by atoms with Gasteiger partial charge in [0.1, 0.15) is 0 Å². The zero-order valence-corrected chi connectivity index (χ0v) is 11.2. The van der Waals surface area contributed by atoms with Crippen LogP contribution in [-0.2, 0) is 6.42 Å². The molecule has 0 heterocycles. The molecule has 0 aliphatic heterocycles. The first kappa shape index (κ1) is 14.6. The molecule has 0 radical (unpaired) electrons. The van der Waals surface area contributed by atoms with Crippen molar-refractivity contribution >= 4 is 5.69 Å². The molecule has 0 saturated carbocycles. The Bertz CT molecular complexity index is 380. The van der Waals surface area contributed by atoms with Crippen LogP contribution in [0.2, 0.25) is 0 Å². The third-order valence-electron chi connectivity index (χ3n) is 3.01. The number of nitro benzene ring substituents is 1. The predicted octanol–water partition coefficient (Wildman–Crippen LogP) is 3.31. The lowest BCUT2D eigenvalue weighted by Gasteiger charge is -2.12. The highest BCUT2D eigenvalue weighted by molar-refractivity contribution is 5.39. The fraction of sp³-hybridized carbons (Fsp3) is 0.571.